The molecule has 0 saturated carbocycles. The van der Waals surface area contributed by atoms with Gasteiger partial charge in [0.1, 0.15) is 6.04 Å². The predicted octanol–water partition coefficient (Wildman–Crippen LogP) is 1.63. The van der Waals surface area contributed by atoms with E-state index in [4.69, 9.17) is 0 Å². The average molecular weight is 423 g/mol. The van der Waals surface area contributed by atoms with Gasteiger partial charge in [-0.2, -0.15) is 0 Å². The topological polar surface area (TPSA) is 90.5 Å². The van der Waals surface area contributed by atoms with Crippen LogP contribution in [0.3, 0.4) is 0 Å². The average Bonchev–Trinajstić information content (AvgIpc) is 3.14. The van der Waals surface area contributed by atoms with Crippen molar-refractivity contribution < 1.29 is 13.2 Å². The molecule has 0 aliphatic carbocycles. The molecule has 162 valence electrons. The molecule has 29 heavy (non-hydrogen) atoms. The van der Waals surface area contributed by atoms with Gasteiger partial charge in [0.15, 0.2) is 0 Å². The third kappa shape index (κ3) is 6.77. The highest BCUT2D eigenvalue weighted by Crippen LogP contribution is 2.20. The zero-order chi connectivity index (χ0) is 20.9. The number of likely N-dealkylation sites (tertiary alicyclic amines) is 1. The normalized spacial score (nSPS) is 25.5. The van der Waals surface area contributed by atoms with Crippen molar-refractivity contribution in [2.45, 2.75) is 57.4 Å². The van der Waals surface area contributed by atoms with Gasteiger partial charge in [0.2, 0.25) is 15.9 Å². The van der Waals surface area contributed by atoms with Crippen LogP contribution in [0.15, 0.2) is 30.3 Å². The van der Waals surface area contributed by atoms with Crippen molar-refractivity contribution >= 4 is 15.9 Å². The fraction of sp³-hybridized carbons (Fsp3) is 0.667. The number of amides is 1. The van der Waals surface area contributed by atoms with Gasteiger partial charge in [0.05, 0.1) is 5.75 Å². The Balaban J connectivity index is 1.47. The number of hydrazine groups is 1. The van der Waals surface area contributed by atoms with Crippen LogP contribution in [0, 0.1) is 11.8 Å². The molecule has 0 bridgehead atoms. The summed E-state index contributed by atoms with van der Waals surface area (Å²) >= 11 is 0. The first-order valence-electron chi connectivity index (χ1n) is 10.6. The Kier molecular flexibility index (Phi) is 7.67. The van der Waals surface area contributed by atoms with Crippen molar-refractivity contribution in [2.75, 3.05) is 19.6 Å². The van der Waals surface area contributed by atoms with E-state index in [1.807, 2.05) is 35.2 Å². The van der Waals surface area contributed by atoms with Gasteiger partial charge in [-0.15, -0.1) is 0 Å². The van der Waals surface area contributed by atoms with E-state index in [9.17, 15) is 13.2 Å². The van der Waals surface area contributed by atoms with Gasteiger partial charge < -0.3 is 4.90 Å². The van der Waals surface area contributed by atoms with Crippen molar-refractivity contribution in [2.24, 2.45) is 11.8 Å². The molecule has 2 aliphatic rings. The van der Waals surface area contributed by atoms with Gasteiger partial charge in [0, 0.05) is 25.7 Å². The van der Waals surface area contributed by atoms with Crippen LogP contribution in [0.25, 0.3) is 0 Å². The maximum absolute atomic E-state index is 12.9. The summed E-state index contributed by atoms with van der Waals surface area (Å²) in [7, 11) is -3.38. The predicted molar refractivity (Wildman–Crippen MR) is 114 cm³/mol. The Morgan fingerprint density at radius 1 is 1.24 bits per heavy atom. The lowest BCUT2D eigenvalue weighted by atomic mass is 9.96. The number of nitrogens with one attached hydrogen (secondary N) is 3. The van der Waals surface area contributed by atoms with Gasteiger partial charge >= 0.3 is 0 Å². The summed E-state index contributed by atoms with van der Waals surface area (Å²) < 4.78 is 27.5. The van der Waals surface area contributed by atoms with Crippen molar-refractivity contribution in [3.8, 4) is 0 Å². The number of benzene rings is 1. The quantitative estimate of drug-likeness (QED) is 0.592. The van der Waals surface area contributed by atoms with E-state index in [2.05, 4.69) is 29.4 Å². The van der Waals surface area contributed by atoms with Crippen molar-refractivity contribution in [1.82, 2.24) is 20.5 Å². The fourth-order valence-electron chi connectivity index (χ4n) is 4.25. The van der Waals surface area contributed by atoms with Crippen LogP contribution in [0.2, 0.25) is 0 Å². The smallest absolute Gasteiger partial charge is 0.241 e. The van der Waals surface area contributed by atoms with E-state index in [1.54, 1.807) is 0 Å². The third-order valence-corrected chi connectivity index (χ3v) is 6.98. The largest absolute Gasteiger partial charge is 0.341 e. The molecule has 3 rings (SSSR count). The summed E-state index contributed by atoms with van der Waals surface area (Å²) in [5, 5.41) is 0. The van der Waals surface area contributed by atoms with E-state index in [0.717, 1.165) is 37.8 Å². The second kappa shape index (κ2) is 10.0. The Morgan fingerprint density at radius 2 is 2.00 bits per heavy atom. The molecule has 3 atom stereocenters. The second-order valence-corrected chi connectivity index (χ2v) is 10.6. The molecule has 0 radical (unpaired) electrons. The molecule has 1 aromatic rings. The molecule has 7 nitrogen and oxygen atoms in total. The molecule has 1 aromatic carbocycles. The molecule has 2 fully saturated rings. The number of sulfonamides is 1. The molecule has 3 unspecified atom stereocenters. The van der Waals surface area contributed by atoms with Crippen LogP contribution in [-0.4, -0.2) is 50.9 Å². The van der Waals surface area contributed by atoms with E-state index >= 15 is 0 Å². The minimum Gasteiger partial charge on any atom is -0.341 e. The minimum absolute atomic E-state index is 0.0158. The number of nitrogens with zero attached hydrogens (tertiary/aromatic N) is 1. The SMILES string of the molecule is CC(C)CC1CC(C(=O)N2CCCC(CNS(=O)(=O)Cc3ccccc3)C2)NN1. The molecule has 0 aromatic heterocycles. The molecule has 3 N–H and O–H groups in total. The molecular weight excluding hydrogens is 388 g/mol. The Morgan fingerprint density at radius 3 is 2.72 bits per heavy atom. The highest BCUT2D eigenvalue weighted by molar-refractivity contribution is 7.88. The van der Waals surface area contributed by atoms with Gasteiger partial charge in [-0.1, -0.05) is 44.2 Å². The fourth-order valence-corrected chi connectivity index (χ4v) is 5.47. The van der Waals surface area contributed by atoms with Crippen molar-refractivity contribution in [1.29, 1.82) is 0 Å². The second-order valence-electron chi connectivity index (χ2n) is 8.79. The van der Waals surface area contributed by atoms with Gasteiger partial charge in [0.25, 0.3) is 0 Å². The Hall–Kier alpha value is -1.48. The third-order valence-electron chi connectivity index (χ3n) is 5.66. The van der Waals surface area contributed by atoms with Gasteiger partial charge in [-0.05, 0) is 43.1 Å². The number of carbonyl (C=O) groups is 1. The zero-order valence-electron chi connectivity index (χ0n) is 17.4. The Bertz CT molecular complexity index is 769. The first kappa shape index (κ1) is 22.2. The number of piperidine rings is 1. The molecule has 2 heterocycles. The van der Waals surface area contributed by atoms with E-state index in [1.165, 1.54) is 0 Å². The summed E-state index contributed by atoms with van der Waals surface area (Å²) in [6, 6.07) is 9.32. The van der Waals surface area contributed by atoms with Gasteiger partial charge in [-0.3, -0.25) is 10.2 Å². The summed E-state index contributed by atoms with van der Waals surface area (Å²) in [6.45, 7) is 6.11. The highest BCUT2D eigenvalue weighted by atomic mass is 32.2. The number of rotatable bonds is 8. The van der Waals surface area contributed by atoms with E-state index in [0.29, 0.717) is 25.0 Å². The number of hydrogen-bond donors (Lipinski definition) is 3. The molecule has 2 saturated heterocycles. The Labute approximate surface area is 174 Å². The number of carbonyl (C=O) groups excluding carboxylic acids is 1. The summed E-state index contributed by atoms with van der Waals surface area (Å²) in [5.74, 6) is 0.851. The standard InChI is InChI=1S/C21H34N4O3S/c1-16(2)11-19-12-20(24-23-19)21(26)25-10-6-9-18(14-25)13-22-29(27,28)15-17-7-4-3-5-8-17/h3-5,7-8,16,18-20,22-24H,6,9-15H2,1-2H3. The molecular formula is C21H34N4O3S. The first-order chi connectivity index (χ1) is 13.8. The lowest BCUT2D eigenvalue weighted by Gasteiger charge is -2.34. The van der Waals surface area contributed by atoms with Crippen LogP contribution in [-0.2, 0) is 20.6 Å². The van der Waals surface area contributed by atoms with Crippen LogP contribution in [0.4, 0.5) is 0 Å². The maximum atomic E-state index is 12.9. The van der Waals surface area contributed by atoms with Crippen LogP contribution in [0.5, 0.6) is 0 Å². The molecule has 1 amide bonds. The number of hydrogen-bond acceptors (Lipinski definition) is 5. The molecule has 8 heteroatoms. The van der Waals surface area contributed by atoms with Gasteiger partial charge in [-0.25, -0.2) is 18.6 Å². The van der Waals surface area contributed by atoms with Crippen LogP contribution in [0.1, 0.15) is 45.1 Å². The summed E-state index contributed by atoms with van der Waals surface area (Å²) in [6.07, 6.45) is 3.70. The molecule has 0 spiro atoms. The highest BCUT2D eigenvalue weighted by Gasteiger charge is 2.34. The molecule has 2 aliphatic heterocycles. The van der Waals surface area contributed by atoms with Crippen molar-refractivity contribution in [3.63, 3.8) is 0 Å². The lowest BCUT2D eigenvalue weighted by molar-refractivity contribution is -0.135. The first-order valence-corrected chi connectivity index (χ1v) is 12.3. The minimum atomic E-state index is -3.38. The van der Waals surface area contributed by atoms with Crippen LogP contribution >= 0.6 is 0 Å². The van der Waals surface area contributed by atoms with E-state index < -0.39 is 10.0 Å². The maximum Gasteiger partial charge on any atom is 0.241 e. The lowest BCUT2D eigenvalue weighted by Crippen LogP contribution is -2.50. The zero-order valence-corrected chi connectivity index (χ0v) is 18.2. The summed E-state index contributed by atoms with van der Waals surface area (Å²) in [5.41, 5.74) is 7.18. The monoisotopic (exact) mass is 422 g/mol. The summed E-state index contributed by atoms with van der Waals surface area (Å²) in [4.78, 5) is 14.8. The van der Waals surface area contributed by atoms with Crippen LogP contribution < -0.4 is 15.6 Å². The van der Waals surface area contributed by atoms with E-state index in [-0.39, 0.29) is 23.6 Å². The van der Waals surface area contributed by atoms with Crippen molar-refractivity contribution in [3.05, 3.63) is 35.9 Å².